The average Bonchev–Trinajstić information content (AvgIpc) is 2.67. The van der Waals surface area contributed by atoms with Gasteiger partial charge in [-0.05, 0) is 17.7 Å². The molecular weight excluding hydrogens is 319 g/mol. The third-order valence-electron chi connectivity index (χ3n) is 3.71. The fourth-order valence-corrected chi connectivity index (χ4v) is 2.37. The van der Waals surface area contributed by atoms with E-state index < -0.39 is 11.9 Å². The minimum absolute atomic E-state index is 0.0119. The SMILES string of the molecule is N#Cc1ccc(-c2cc(NC[C@@H](O)c3ccccc3)ncn2)cc1F. The summed E-state index contributed by atoms with van der Waals surface area (Å²) in [5.74, 6) is -0.0719. The Balaban J connectivity index is 1.74. The molecule has 0 saturated carbocycles. The lowest BCUT2D eigenvalue weighted by Gasteiger charge is -2.13. The molecule has 0 saturated heterocycles. The molecule has 0 radical (unpaired) electrons. The highest BCUT2D eigenvalue weighted by Gasteiger charge is 2.09. The van der Waals surface area contributed by atoms with Gasteiger partial charge < -0.3 is 10.4 Å². The van der Waals surface area contributed by atoms with Gasteiger partial charge in [0.25, 0.3) is 0 Å². The lowest BCUT2D eigenvalue weighted by molar-refractivity contribution is 0.191. The molecular formula is C19H15FN4O. The van der Waals surface area contributed by atoms with Crippen molar-refractivity contribution in [3.63, 3.8) is 0 Å². The van der Waals surface area contributed by atoms with E-state index >= 15 is 0 Å². The summed E-state index contributed by atoms with van der Waals surface area (Å²) in [6.45, 7) is 0.280. The van der Waals surface area contributed by atoms with E-state index in [-0.39, 0.29) is 12.1 Å². The van der Waals surface area contributed by atoms with Gasteiger partial charge in [0.15, 0.2) is 0 Å². The molecule has 0 fully saturated rings. The number of aliphatic hydroxyl groups excluding tert-OH is 1. The van der Waals surface area contributed by atoms with Crippen LogP contribution in [-0.2, 0) is 0 Å². The van der Waals surface area contributed by atoms with E-state index in [0.29, 0.717) is 17.1 Å². The summed E-state index contributed by atoms with van der Waals surface area (Å²) in [5, 5.41) is 22.0. The first kappa shape index (κ1) is 16.6. The van der Waals surface area contributed by atoms with Crippen molar-refractivity contribution in [3.8, 4) is 17.3 Å². The molecule has 0 unspecified atom stereocenters. The second kappa shape index (κ2) is 7.51. The number of nitrogens with zero attached hydrogens (tertiary/aromatic N) is 3. The number of anilines is 1. The van der Waals surface area contributed by atoms with Crippen molar-refractivity contribution in [2.75, 3.05) is 11.9 Å². The molecule has 0 aliphatic carbocycles. The van der Waals surface area contributed by atoms with Crippen LogP contribution in [0.3, 0.4) is 0 Å². The van der Waals surface area contributed by atoms with Crippen LogP contribution >= 0.6 is 0 Å². The van der Waals surface area contributed by atoms with Gasteiger partial charge in [-0.3, -0.25) is 0 Å². The van der Waals surface area contributed by atoms with Crippen LogP contribution in [0.1, 0.15) is 17.2 Å². The van der Waals surface area contributed by atoms with Gasteiger partial charge in [-0.25, -0.2) is 14.4 Å². The first-order chi connectivity index (χ1) is 12.2. The fourth-order valence-electron chi connectivity index (χ4n) is 2.37. The van der Waals surface area contributed by atoms with Crippen molar-refractivity contribution in [3.05, 3.63) is 77.9 Å². The third-order valence-corrected chi connectivity index (χ3v) is 3.71. The van der Waals surface area contributed by atoms with Crippen molar-refractivity contribution >= 4 is 5.82 Å². The zero-order valence-electron chi connectivity index (χ0n) is 13.2. The predicted octanol–water partition coefficient (Wildman–Crippen LogP) is 3.30. The standard InChI is InChI=1S/C19H15FN4O/c20-16-8-14(6-7-15(16)10-21)17-9-19(24-12-23-17)22-11-18(25)13-4-2-1-3-5-13/h1-9,12,18,25H,11H2,(H,22,23,24)/t18-/m1/s1. The first-order valence-corrected chi connectivity index (χ1v) is 7.66. The number of aliphatic hydroxyl groups is 1. The van der Waals surface area contributed by atoms with E-state index in [4.69, 9.17) is 5.26 Å². The molecule has 0 aliphatic rings. The van der Waals surface area contributed by atoms with Crippen LogP contribution in [-0.4, -0.2) is 21.6 Å². The number of hydrogen-bond acceptors (Lipinski definition) is 5. The van der Waals surface area contributed by atoms with Gasteiger partial charge in [0.2, 0.25) is 0 Å². The zero-order chi connectivity index (χ0) is 17.6. The van der Waals surface area contributed by atoms with Crippen molar-refractivity contribution < 1.29 is 9.50 Å². The van der Waals surface area contributed by atoms with Crippen molar-refractivity contribution in [1.29, 1.82) is 5.26 Å². The van der Waals surface area contributed by atoms with Crippen LogP contribution in [0.2, 0.25) is 0 Å². The van der Waals surface area contributed by atoms with Gasteiger partial charge in [0.05, 0.1) is 17.4 Å². The molecule has 2 N–H and O–H groups in total. The maximum absolute atomic E-state index is 13.8. The molecule has 0 amide bonds. The number of hydrogen-bond donors (Lipinski definition) is 2. The molecule has 3 rings (SSSR count). The van der Waals surface area contributed by atoms with Crippen LogP contribution < -0.4 is 5.32 Å². The van der Waals surface area contributed by atoms with E-state index in [1.807, 2.05) is 30.3 Å². The Morgan fingerprint density at radius 1 is 1.12 bits per heavy atom. The quantitative estimate of drug-likeness (QED) is 0.748. The minimum atomic E-state index is -0.674. The molecule has 0 spiro atoms. The van der Waals surface area contributed by atoms with E-state index in [0.717, 1.165) is 5.56 Å². The molecule has 124 valence electrons. The summed E-state index contributed by atoms with van der Waals surface area (Å²) in [6.07, 6.45) is 0.690. The summed E-state index contributed by atoms with van der Waals surface area (Å²) < 4.78 is 13.8. The summed E-state index contributed by atoms with van der Waals surface area (Å²) >= 11 is 0. The van der Waals surface area contributed by atoms with Crippen LogP contribution in [0.4, 0.5) is 10.2 Å². The lowest BCUT2D eigenvalue weighted by atomic mass is 10.1. The van der Waals surface area contributed by atoms with Crippen molar-refractivity contribution in [1.82, 2.24) is 9.97 Å². The fraction of sp³-hybridized carbons (Fsp3) is 0.105. The molecule has 0 bridgehead atoms. The Kier molecular flexibility index (Phi) is 4.97. The highest BCUT2D eigenvalue weighted by molar-refractivity contribution is 5.63. The average molecular weight is 334 g/mol. The summed E-state index contributed by atoms with van der Waals surface area (Å²) in [7, 11) is 0. The summed E-state index contributed by atoms with van der Waals surface area (Å²) in [5.41, 5.74) is 1.86. The first-order valence-electron chi connectivity index (χ1n) is 7.66. The van der Waals surface area contributed by atoms with Crippen molar-refractivity contribution in [2.24, 2.45) is 0 Å². The van der Waals surface area contributed by atoms with Gasteiger partial charge in [0.1, 0.15) is 24.0 Å². The monoisotopic (exact) mass is 334 g/mol. The molecule has 1 aromatic heterocycles. The number of nitriles is 1. The number of halogens is 1. The van der Waals surface area contributed by atoms with Crippen LogP contribution in [0.15, 0.2) is 60.9 Å². The Hall–Kier alpha value is -3.30. The van der Waals surface area contributed by atoms with Crippen LogP contribution in [0, 0.1) is 17.1 Å². The number of nitrogens with one attached hydrogen (secondary N) is 1. The number of aromatic nitrogens is 2. The second-order valence-electron chi connectivity index (χ2n) is 5.40. The molecule has 2 aromatic carbocycles. The Labute approximate surface area is 144 Å². The summed E-state index contributed by atoms with van der Waals surface area (Å²) in [4.78, 5) is 8.24. The second-order valence-corrected chi connectivity index (χ2v) is 5.40. The van der Waals surface area contributed by atoms with E-state index in [2.05, 4.69) is 15.3 Å². The zero-order valence-corrected chi connectivity index (χ0v) is 13.2. The maximum Gasteiger partial charge on any atom is 0.141 e. The lowest BCUT2D eigenvalue weighted by Crippen LogP contribution is -2.13. The Bertz CT molecular complexity index is 909. The van der Waals surface area contributed by atoms with E-state index in [9.17, 15) is 9.50 Å². The molecule has 25 heavy (non-hydrogen) atoms. The minimum Gasteiger partial charge on any atom is -0.387 e. The number of benzene rings is 2. The van der Waals surface area contributed by atoms with E-state index in [1.54, 1.807) is 18.2 Å². The Morgan fingerprint density at radius 3 is 2.64 bits per heavy atom. The number of rotatable bonds is 5. The van der Waals surface area contributed by atoms with Crippen molar-refractivity contribution in [2.45, 2.75) is 6.10 Å². The topological polar surface area (TPSA) is 81.8 Å². The molecule has 6 heteroatoms. The van der Waals surface area contributed by atoms with Gasteiger partial charge in [-0.15, -0.1) is 0 Å². The van der Waals surface area contributed by atoms with Gasteiger partial charge in [0, 0.05) is 18.2 Å². The van der Waals surface area contributed by atoms with Gasteiger partial charge in [-0.1, -0.05) is 36.4 Å². The largest absolute Gasteiger partial charge is 0.387 e. The van der Waals surface area contributed by atoms with Gasteiger partial charge in [-0.2, -0.15) is 5.26 Å². The molecule has 3 aromatic rings. The van der Waals surface area contributed by atoms with E-state index in [1.165, 1.54) is 18.5 Å². The summed E-state index contributed by atoms with van der Waals surface area (Å²) in [6, 6.07) is 17.1. The third kappa shape index (κ3) is 3.97. The maximum atomic E-state index is 13.8. The highest BCUT2D eigenvalue weighted by Crippen LogP contribution is 2.22. The normalized spacial score (nSPS) is 11.6. The molecule has 1 atom stereocenters. The molecule has 1 heterocycles. The van der Waals surface area contributed by atoms with Crippen LogP contribution in [0.5, 0.6) is 0 Å². The smallest absolute Gasteiger partial charge is 0.141 e. The Morgan fingerprint density at radius 2 is 1.92 bits per heavy atom. The predicted molar refractivity (Wildman–Crippen MR) is 92.0 cm³/mol. The molecule has 0 aliphatic heterocycles. The van der Waals surface area contributed by atoms with Gasteiger partial charge >= 0.3 is 0 Å². The molecule has 5 nitrogen and oxygen atoms in total. The van der Waals surface area contributed by atoms with Crippen LogP contribution in [0.25, 0.3) is 11.3 Å². The highest BCUT2D eigenvalue weighted by atomic mass is 19.1.